The predicted octanol–water partition coefficient (Wildman–Crippen LogP) is 1.02. The van der Waals surface area contributed by atoms with Crippen LogP contribution in [0.5, 0.6) is 0 Å². The Labute approximate surface area is 135 Å². The van der Waals surface area contributed by atoms with Gasteiger partial charge in [-0.2, -0.15) is 0 Å². The Balaban J connectivity index is 1.79. The number of hydrogen-bond acceptors (Lipinski definition) is 6. The number of amides is 1. The number of nitrogens with zero attached hydrogens (tertiary/aromatic N) is 6. The summed E-state index contributed by atoms with van der Waals surface area (Å²) in [5.41, 5.74) is 0.796. The van der Waals surface area contributed by atoms with Crippen LogP contribution in [-0.4, -0.2) is 69.1 Å². The molecule has 2 aromatic rings. The molecule has 0 aliphatic carbocycles. The molecule has 0 unspecified atom stereocenters. The number of carbonyl (C=O) groups excluding carboxylic acids is 1. The average Bonchev–Trinajstić information content (AvgIpc) is 3.24. The maximum absolute atomic E-state index is 12.7. The average molecular weight is 318 g/mol. The molecular formula is C15H22N6O2. The van der Waals surface area contributed by atoms with Crippen molar-refractivity contribution in [1.29, 1.82) is 0 Å². The van der Waals surface area contributed by atoms with Gasteiger partial charge in [-0.05, 0) is 20.0 Å². The second-order valence-electron chi connectivity index (χ2n) is 6.46. The summed E-state index contributed by atoms with van der Waals surface area (Å²) >= 11 is 0. The third-order valence-corrected chi connectivity index (χ3v) is 4.32. The lowest BCUT2D eigenvalue weighted by Crippen LogP contribution is -2.37. The fraction of sp³-hybridized carbons (Fsp3) is 0.600. The van der Waals surface area contributed by atoms with E-state index in [1.807, 2.05) is 38.8 Å². The Hall–Kier alpha value is -2.22. The van der Waals surface area contributed by atoms with E-state index in [0.717, 1.165) is 5.69 Å². The topological polar surface area (TPSA) is 80.3 Å². The van der Waals surface area contributed by atoms with Crippen LogP contribution in [0, 0.1) is 0 Å². The molecule has 23 heavy (non-hydrogen) atoms. The van der Waals surface area contributed by atoms with Gasteiger partial charge in [0, 0.05) is 25.4 Å². The van der Waals surface area contributed by atoms with Crippen LogP contribution >= 0.6 is 0 Å². The highest BCUT2D eigenvalue weighted by molar-refractivity contribution is 5.91. The van der Waals surface area contributed by atoms with Crippen molar-refractivity contribution < 1.29 is 9.32 Å². The number of carbonyl (C=O) groups is 1. The van der Waals surface area contributed by atoms with E-state index in [9.17, 15) is 4.79 Å². The standard InChI is InChI=1S/C15H22N6O2/c1-10(2)11-7-14(23-17-11)15(22)20-8-12(19(3)4)13(9-20)21-6-5-16-18-21/h5-7,10,12-13H,8-9H2,1-4H3/t12-,13+/m1/s1. The lowest BCUT2D eigenvalue weighted by molar-refractivity contribution is 0.0739. The van der Waals surface area contributed by atoms with Gasteiger partial charge in [-0.1, -0.05) is 24.2 Å². The monoisotopic (exact) mass is 318 g/mol. The summed E-state index contributed by atoms with van der Waals surface area (Å²) in [6, 6.07) is 1.98. The van der Waals surface area contributed by atoms with Crippen LogP contribution in [0.15, 0.2) is 23.0 Å². The molecule has 0 saturated carbocycles. The van der Waals surface area contributed by atoms with Gasteiger partial charge in [0.25, 0.3) is 5.91 Å². The molecule has 8 nitrogen and oxygen atoms in total. The van der Waals surface area contributed by atoms with Crippen molar-refractivity contribution in [2.75, 3.05) is 27.2 Å². The molecule has 3 heterocycles. The molecule has 2 aromatic heterocycles. The van der Waals surface area contributed by atoms with Crippen LogP contribution in [0.25, 0.3) is 0 Å². The zero-order chi connectivity index (χ0) is 16.6. The van der Waals surface area contributed by atoms with E-state index in [4.69, 9.17) is 4.52 Å². The second-order valence-corrected chi connectivity index (χ2v) is 6.46. The van der Waals surface area contributed by atoms with E-state index in [1.54, 1.807) is 17.2 Å². The van der Waals surface area contributed by atoms with Gasteiger partial charge >= 0.3 is 0 Å². The van der Waals surface area contributed by atoms with E-state index in [2.05, 4.69) is 20.4 Å². The SMILES string of the molecule is CC(C)c1cc(C(=O)N2C[C@@H](N(C)C)[C@@H](n3ccnn3)C2)on1. The van der Waals surface area contributed by atoms with E-state index >= 15 is 0 Å². The summed E-state index contributed by atoms with van der Waals surface area (Å²) in [7, 11) is 4.02. The van der Waals surface area contributed by atoms with Gasteiger partial charge in [0.1, 0.15) is 0 Å². The van der Waals surface area contributed by atoms with Crippen molar-refractivity contribution in [3.05, 3.63) is 29.9 Å². The maximum Gasteiger partial charge on any atom is 0.292 e. The van der Waals surface area contributed by atoms with Crippen molar-refractivity contribution in [2.24, 2.45) is 0 Å². The van der Waals surface area contributed by atoms with Crippen molar-refractivity contribution in [3.8, 4) is 0 Å². The van der Waals surface area contributed by atoms with Gasteiger partial charge in [-0.3, -0.25) is 4.79 Å². The zero-order valence-corrected chi connectivity index (χ0v) is 13.9. The third-order valence-electron chi connectivity index (χ3n) is 4.32. The Morgan fingerprint density at radius 2 is 2.17 bits per heavy atom. The fourth-order valence-electron chi connectivity index (χ4n) is 2.91. The Morgan fingerprint density at radius 1 is 1.39 bits per heavy atom. The van der Waals surface area contributed by atoms with Gasteiger partial charge in [0.2, 0.25) is 5.76 Å². The summed E-state index contributed by atoms with van der Waals surface area (Å²) in [6.07, 6.45) is 3.49. The van der Waals surface area contributed by atoms with Crippen molar-refractivity contribution in [1.82, 2.24) is 30.0 Å². The van der Waals surface area contributed by atoms with Crippen molar-refractivity contribution in [3.63, 3.8) is 0 Å². The third kappa shape index (κ3) is 2.98. The Kier molecular flexibility index (Phi) is 4.16. The predicted molar refractivity (Wildman–Crippen MR) is 83.0 cm³/mol. The first-order valence-electron chi connectivity index (χ1n) is 7.75. The molecule has 3 rings (SSSR count). The highest BCUT2D eigenvalue weighted by Crippen LogP contribution is 2.26. The van der Waals surface area contributed by atoms with E-state index in [1.165, 1.54) is 0 Å². The molecule has 124 valence electrons. The molecule has 1 fully saturated rings. The van der Waals surface area contributed by atoms with Gasteiger partial charge in [0.15, 0.2) is 0 Å². The Morgan fingerprint density at radius 3 is 2.74 bits per heavy atom. The zero-order valence-electron chi connectivity index (χ0n) is 13.9. The van der Waals surface area contributed by atoms with Crippen molar-refractivity contribution >= 4 is 5.91 Å². The highest BCUT2D eigenvalue weighted by atomic mass is 16.5. The number of rotatable bonds is 4. The first kappa shape index (κ1) is 15.7. The molecule has 1 aliphatic heterocycles. The molecule has 0 aromatic carbocycles. The van der Waals surface area contributed by atoms with Gasteiger partial charge in [0.05, 0.1) is 24.0 Å². The van der Waals surface area contributed by atoms with Crippen LogP contribution in [0.3, 0.4) is 0 Å². The lowest BCUT2D eigenvalue weighted by Gasteiger charge is -2.24. The normalized spacial score (nSPS) is 21.6. The molecule has 0 N–H and O–H groups in total. The Bertz CT molecular complexity index is 663. The first-order valence-corrected chi connectivity index (χ1v) is 7.75. The van der Waals surface area contributed by atoms with E-state index in [-0.39, 0.29) is 23.9 Å². The largest absolute Gasteiger partial charge is 0.351 e. The van der Waals surface area contributed by atoms with Crippen molar-refractivity contribution in [2.45, 2.75) is 31.8 Å². The van der Waals surface area contributed by atoms with Crippen LogP contribution in [0.4, 0.5) is 0 Å². The van der Waals surface area contributed by atoms with E-state index in [0.29, 0.717) is 18.8 Å². The molecule has 1 amide bonds. The molecule has 2 atom stereocenters. The summed E-state index contributed by atoms with van der Waals surface area (Å²) in [6.45, 7) is 5.23. The number of likely N-dealkylation sites (tertiary alicyclic amines) is 1. The fourth-order valence-corrected chi connectivity index (χ4v) is 2.91. The number of hydrogen-bond donors (Lipinski definition) is 0. The van der Waals surface area contributed by atoms with Crippen LogP contribution in [-0.2, 0) is 0 Å². The minimum absolute atomic E-state index is 0.0731. The van der Waals surface area contributed by atoms with Gasteiger partial charge in [-0.15, -0.1) is 5.10 Å². The van der Waals surface area contributed by atoms with Crippen LogP contribution in [0.1, 0.15) is 42.1 Å². The first-order chi connectivity index (χ1) is 11.0. The molecular weight excluding hydrogens is 296 g/mol. The summed E-state index contributed by atoms with van der Waals surface area (Å²) in [4.78, 5) is 16.6. The number of aromatic nitrogens is 4. The lowest BCUT2D eigenvalue weighted by atomic mass is 10.1. The van der Waals surface area contributed by atoms with Crippen LogP contribution < -0.4 is 0 Å². The van der Waals surface area contributed by atoms with Gasteiger partial charge in [-0.25, -0.2) is 4.68 Å². The van der Waals surface area contributed by atoms with E-state index < -0.39 is 0 Å². The van der Waals surface area contributed by atoms with Gasteiger partial charge < -0.3 is 14.3 Å². The number of likely N-dealkylation sites (N-methyl/N-ethyl adjacent to an activating group) is 1. The van der Waals surface area contributed by atoms with Crippen LogP contribution in [0.2, 0.25) is 0 Å². The maximum atomic E-state index is 12.7. The smallest absolute Gasteiger partial charge is 0.292 e. The molecule has 0 radical (unpaired) electrons. The quantitative estimate of drug-likeness (QED) is 0.837. The molecule has 1 aliphatic rings. The summed E-state index contributed by atoms with van der Waals surface area (Å²) in [5.74, 6) is 0.403. The summed E-state index contributed by atoms with van der Waals surface area (Å²) < 4.78 is 7.05. The minimum atomic E-state index is -0.126. The molecule has 0 spiro atoms. The molecule has 8 heteroatoms. The molecule has 1 saturated heterocycles. The highest BCUT2D eigenvalue weighted by Gasteiger charge is 2.39. The summed E-state index contributed by atoms with van der Waals surface area (Å²) in [5, 5.41) is 11.9. The molecule has 0 bridgehead atoms. The second kappa shape index (κ2) is 6.11. The minimum Gasteiger partial charge on any atom is -0.351 e.